The Bertz CT molecular complexity index is 319. The second-order valence-electron chi connectivity index (χ2n) is 7.70. The van der Waals surface area contributed by atoms with Crippen LogP contribution in [0.2, 0.25) is 0 Å². The SMILES string of the molecule is CCC(C)(C)C(=O)OC1(C)CCC(C(C)C)C(C)C1. The average molecular weight is 268 g/mol. The summed E-state index contributed by atoms with van der Waals surface area (Å²) in [5, 5.41) is 0. The summed E-state index contributed by atoms with van der Waals surface area (Å²) in [5.74, 6) is 2.09. The molecule has 1 rings (SSSR count). The predicted octanol–water partition coefficient (Wildman–Crippen LogP) is 4.82. The van der Waals surface area contributed by atoms with E-state index in [1.165, 1.54) is 6.42 Å². The Morgan fingerprint density at radius 1 is 1.42 bits per heavy atom. The van der Waals surface area contributed by atoms with E-state index in [-0.39, 0.29) is 17.0 Å². The van der Waals surface area contributed by atoms with E-state index in [1.54, 1.807) is 0 Å². The highest BCUT2D eigenvalue weighted by atomic mass is 16.6. The van der Waals surface area contributed by atoms with Crippen molar-refractivity contribution >= 4 is 5.97 Å². The summed E-state index contributed by atoms with van der Waals surface area (Å²) in [6.07, 6.45) is 4.01. The van der Waals surface area contributed by atoms with Crippen LogP contribution in [-0.2, 0) is 9.53 Å². The van der Waals surface area contributed by atoms with Crippen LogP contribution in [0.25, 0.3) is 0 Å². The van der Waals surface area contributed by atoms with E-state index in [1.807, 2.05) is 20.8 Å². The first-order valence-electron chi connectivity index (χ1n) is 7.85. The number of carbonyl (C=O) groups is 1. The van der Waals surface area contributed by atoms with Crippen LogP contribution in [0.15, 0.2) is 0 Å². The summed E-state index contributed by atoms with van der Waals surface area (Å²) in [6, 6.07) is 0. The van der Waals surface area contributed by atoms with Crippen molar-refractivity contribution in [2.24, 2.45) is 23.2 Å². The maximum Gasteiger partial charge on any atom is 0.312 e. The van der Waals surface area contributed by atoms with Gasteiger partial charge in [0.1, 0.15) is 5.60 Å². The molecular weight excluding hydrogens is 236 g/mol. The summed E-state index contributed by atoms with van der Waals surface area (Å²) in [6.45, 7) is 15.0. The standard InChI is InChI=1S/C17H32O2/c1-8-16(5,6)15(18)19-17(7)10-9-14(12(2)3)13(4)11-17/h12-14H,8-11H2,1-7H3. The third-order valence-corrected chi connectivity index (χ3v) is 5.12. The largest absolute Gasteiger partial charge is 0.459 e. The van der Waals surface area contributed by atoms with Crippen LogP contribution < -0.4 is 0 Å². The Morgan fingerprint density at radius 3 is 2.42 bits per heavy atom. The molecule has 0 N–H and O–H groups in total. The van der Waals surface area contributed by atoms with E-state index < -0.39 is 0 Å². The highest BCUT2D eigenvalue weighted by Crippen LogP contribution is 2.42. The second kappa shape index (κ2) is 5.85. The molecule has 0 aromatic heterocycles. The molecular formula is C17H32O2. The van der Waals surface area contributed by atoms with Crippen LogP contribution in [-0.4, -0.2) is 11.6 Å². The topological polar surface area (TPSA) is 26.3 Å². The number of carbonyl (C=O) groups excluding carboxylic acids is 1. The van der Waals surface area contributed by atoms with Gasteiger partial charge in [-0.3, -0.25) is 4.79 Å². The smallest absolute Gasteiger partial charge is 0.312 e. The molecule has 0 aliphatic heterocycles. The average Bonchev–Trinajstić information content (AvgIpc) is 2.27. The van der Waals surface area contributed by atoms with E-state index in [4.69, 9.17) is 4.74 Å². The quantitative estimate of drug-likeness (QED) is 0.683. The summed E-state index contributed by atoms with van der Waals surface area (Å²) in [5.41, 5.74) is -0.616. The zero-order valence-electron chi connectivity index (χ0n) is 13.9. The van der Waals surface area contributed by atoms with E-state index in [2.05, 4.69) is 27.7 Å². The molecule has 1 aliphatic rings. The van der Waals surface area contributed by atoms with Crippen molar-refractivity contribution in [3.05, 3.63) is 0 Å². The first-order chi connectivity index (χ1) is 8.61. The van der Waals surface area contributed by atoms with Gasteiger partial charge in [-0.05, 0) is 64.2 Å². The molecule has 3 atom stereocenters. The lowest BCUT2D eigenvalue weighted by Gasteiger charge is -2.43. The highest BCUT2D eigenvalue weighted by Gasteiger charge is 2.41. The fourth-order valence-corrected chi connectivity index (χ4v) is 3.28. The van der Waals surface area contributed by atoms with Gasteiger partial charge in [0.25, 0.3) is 0 Å². The van der Waals surface area contributed by atoms with Crippen molar-refractivity contribution in [2.75, 3.05) is 0 Å². The number of hydrogen-bond acceptors (Lipinski definition) is 2. The maximum atomic E-state index is 12.3. The molecule has 3 unspecified atom stereocenters. The molecule has 19 heavy (non-hydrogen) atoms. The van der Waals surface area contributed by atoms with Gasteiger partial charge in [-0.1, -0.05) is 27.7 Å². The third kappa shape index (κ3) is 3.97. The third-order valence-electron chi connectivity index (χ3n) is 5.12. The van der Waals surface area contributed by atoms with Crippen LogP contribution in [0.4, 0.5) is 0 Å². The Balaban J connectivity index is 2.67. The minimum atomic E-state index is -0.360. The Hall–Kier alpha value is -0.530. The molecule has 0 aromatic carbocycles. The molecule has 2 nitrogen and oxygen atoms in total. The van der Waals surface area contributed by atoms with E-state index in [0.29, 0.717) is 5.92 Å². The minimum Gasteiger partial charge on any atom is -0.459 e. The minimum absolute atomic E-state index is 0.0345. The second-order valence-corrected chi connectivity index (χ2v) is 7.70. The van der Waals surface area contributed by atoms with Gasteiger partial charge < -0.3 is 4.74 Å². The van der Waals surface area contributed by atoms with Crippen molar-refractivity contribution in [2.45, 2.75) is 79.8 Å². The first-order valence-corrected chi connectivity index (χ1v) is 7.85. The summed E-state index contributed by atoms with van der Waals surface area (Å²) < 4.78 is 5.89. The molecule has 112 valence electrons. The van der Waals surface area contributed by atoms with Crippen molar-refractivity contribution in [1.82, 2.24) is 0 Å². The molecule has 1 aliphatic carbocycles. The van der Waals surface area contributed by atoms with Gasteiger partial charge in [-0.25, -0.2) is 0 Å². The van der Waals surface area contributed by atoms with Gasteiger partial charge in [-0.2, -0.15) is 0 Å². The van der Waals surface area contributed by atoms with Gasteiger partial charge in [0, 0.05) is 0 Å². The van der Waals surface area contributed by atoms with Crippen LogP contribution in [0.5, 0.6) is 0 Å². The Morgan fingerprint density at radius 2 is 2.00 bits per heavy atom. The molecule has 1 saturated carbocycles. The van der Waals surface area contributed by atoms with Crippen molar-refractivity contribution in [3.8, 4) is 0 Å². The van der Waals surface area contributed by atoms with Crippen LogP contribution in [0.1, 0.15) is 74.1 Å². The lowest BCUT2D eigenvalue weighted by molar-refractivity contribution is -0.175. The Labute approximate surface area is 119 Å². The van der Waals surface area contributed by atoms with Crippen molar-refractivity contribution in [1.29, 1.82) is 0 Å². The van der Waals surface area contributed by atoms with Crippen molar-refractivity contribution in [3.63, 3.8) is 0 Å². The molecule has 2 heteroatoms. The van der Waals surface area contributed by atoms with Crippen LogP contribution in [0.3, 0.4) is 0 Å². The maximum absolute atomic E-state index is 12.3. The molecule has 1 fully saturated rings. The van der Waals surface area contributed by atoms with Gasteiger partial charge in [0.2, 0.25) is 0 Å². The fourth-order valence-electron chi connectivity index (χ4n) is 3.28. The number of rotatable bonds is 4. The van der Waals surface area contributed by atoms with Gasteiger partial charge in [-0.15, -0.1) is 0 Å². The van der Waals surface area contributed by atoms with Gasteiger partial charge in [0.15, 0.2) is 0 Å². The Kier molecular flexibility index (Phi) is 5.08. The summed E-state index contributed by atoms with van der Waals surface area (Å²) >= 11 is 0. The molecule has 0 radical (unpaired) electrons. The van der Waals surface area contributed by atoms with Gasteiger partial charge in [0.05, 0.1) is 5.41 Å². The lowest BCUT2D eigenvalue weighted by atomic mass is 9.69. The van der Waals surface area contributed by atoms with Gasteiger partial charge >= 0.3 is 5.97 Å². The monoisotopic (exact) mass is 268 g/mol. The lowest BCUT2D eigenvalue weighted by Crippen LogP contribution is -2.43. The zero-order valence-corrected chi connectivity index (χ0v) is 13.9. The summed E-state index contributed by atoms with van der Waals surface area (Å²) in [7, 11) is 0. The molecule has 0 aromatic rings. The molecule has 0 spiro atoms. The van der Waals surface area contributed by atoms with E-state index in [9.17, 15) is 4.79 Å². The van der Waals surface area contributed by atoms with Crippen LogP contribution in [0, 0.1) is 23.2 Å². The fraction of sp³-hybridized carbons (Fsp3) is 0.941. The number of esters is 1. The highest BCUT2D eigenvalue weighted by molar-refractivity contribution is 5.76. The normalized spacial score (nSPS) is 32.4. The molecule has 0 heterocycles. The van der Waals surface area contributed by atoms with Crippen LogP contribution >= 0.6 is 0 Å². The van der Waals surface area contributed by atoms with E-state index in [0.717, 1.165) is 31.1 Å². The van der Waals surface area contributed by atoms with Crippen molar-refractivity contribution < 1.29 is 9.53 Å². The summed E-state index contributed by atoms with van der Waals surface area (Å²) in [4.78, 5) is 12.3. The molecule has 0 saturated heterocycles. The molecule has 0 amide bonds. The number of hydrogen-bond donors (Lipinski definition) is 0. The van der Waals surface area contributed by atoms with E-state index >= 15 is 0 Å². The molecule has 0 bridgehead atoms. The first kappa shape index (κ1) is 16.5. The number of ether oxygens (including phenoxy) is 1. The zero-order chi connectivity index (χ0) is 14.8. The predicted molar refractivity (Wildman–Crippen MR) is 79.9 cm³/mol.